The predicted octanol–water partition coefficient (Wildman–Crippen LogP) is 2.52. The molecular formula is C30H31FN6O4. The van der Waals surface area contributed by atoms with Crippen molar-refractivity contribution in [3.05, 3.63) is 69.8 Å². The van der Waals surface area contributed by atoms with Crippen LogP contribution < -0.4 is 15.2 Å². The Hall–Kier alpha value is -4.43. The van der Waals surface area contributed by atoms with Crippen LogP contribution in [0.1, 0.15) is 34.8 Å². The van der Waals surface area contributed by atoms with Crippen molar-refractivity contribution in [3.63, 3.8) is 0 Å². The van der Waals surface area contributed by atoms with E-state index < -0.39 is 17.2 Å². The summed E-state index contributed by atoms with van der Waals surface area (Å²) in [6, 6.07) is 12.7. The summed E-state index contributed by atoms with van der Waals surface area (Å²) in [5.74, 6) is -1.85. The maximum absolute atomic E-state index is 15.3. The molecule has 1 aromatic heterocycles. The molecular weight excluding hydrogens is 527 g/mol. The number of aromatic nitrogens is 1. The third-order valence-electron chi connectivity index (χ3n) is 8.34. The highest BCUT2D eigenvalue weighted by atomic mass is 19.1. The Labute approximate surface area is 236 Å². The number of para-hydroxylation sites is 1. The smallest absolute Gasteiger partial charge is 0.341 e. The van der Waals surface area contributed by atoms with Crippen molar-refractivity contribution < 1.29 is 19.1 Å². The maximum atomic E-state index is 15.3. The number of rotatable bonds is 6. The number of carbonyl (C=O) groups excluding carboxylic acids is 1. The molecule has 3 aromatic rings. The van der Waals surface area contributed by atoms with Gasteiger partial charge in [-0.25, -0.2) is 9.18 Å². The number of hydrogen-bond acceptors (Lipinski definition) is 7. The van der Waals surface area contributed by atoms with Gasteiger partial charge in [0.15, 0.2) is 0 Å². The Bertz CT molecular complexity index is 1610. The molecule has 6 rings (SSSR count). The summed E-state index contributed by atoms with van der Waals surface area (Å²) in [6.07, 6.45) is 3.14. The van der Waals surface area contributed by atoms with E-state index in [1.54, 1.807) is 10.6 Å². The van der Waals surface area contributed by atoms with Gasteiger partial charge in [-0.3, -0.25) is 14.5 Å². The highest BCUT2D eigenvalue weighted by molar-refractivity contribution is 5.93. The van der Waals surface area contributed by atoms with Gasteiger partial charge in [-0.2, -0.15) is 5.26 Å². The molecule has 0 spiro atoms. The maximum Gasteiger partial charge on any atom is 0.341 e. The lowest BCUT2D eigenvalue weighted by molar-refractivity contribution is -0.132. The van der Waals surface area contributed by atoms with Gasteiger partial charge < -0.3 is 24.4 Å². The first-order chi connectivity index (χ1) is 19.8. The molecule has 1 amide bonds. The van der Waals surface area contributed by atoms with Gasteiger partial charge in [0, 0.05) is 70.0 Å². The topological polar surface area (TPSA) is 113 Å². The first kappa shape index (κ1) is 26.8. The minimum absolute atomic E-state index is 0.0401. The van der Waals surface area contributed by atoms with E-state index in [9.17, 15) is 24.8 Å². The largest absolute Gasteiger partial charge is 0.477 e. The molecule has 1 saturated carbocycles. The zero-order valence-corrected chi connectivity index (χ0v) is 22.6. The van der Waals surface area contributed by atoms with Crippen LogP contribution in [0.25, 0.3) is 10.9 Å². The summed E-state index contributed by atoms with van der Waals surface area (Å²) in [6.45, 7) is 5.06. The summed E-state index contributed by atoms with van der Waals surface area (Å²) in [4.78, 5) is 45.5. The Balaban J connectivity index is 1.09. The number of carboxylic acid groups (broad SMARTS) is 1. The second-order valence-corrected chi connectivity index (χ2v) is 10.9. The summed E-state index contributed by atoms with van der Waals surface area (Å²) < 4.78 is 17.1. The second kappa shape index (κ2) is 10.9. The predicted molar refractivity (Wildman–Crippen MR) is 152 cm³/mol. The lowest BCUT2D eigenvalue weighted by Gasteiger charge is -2.39. The van der Waals surface area contributed by atoms with Gasteiger partial charge in [0.25, 0.3) is 0 Å². The Morgan fingerprint density at radius 3 is 2.27 bits per heavy atom. The van der Waals surface area contributed by atoms with Crippen molar-refractivity contribution in [2.45, 2.75) is 18.9 Å². The molecule has 1 aliphatic carbocycles. The number of nitriles is 1. The van der Waals surface area contributed by atoms with Gasteiger partial charge in [0.1, 0.15) is 17.4 Å². The number of piperazine rings is 2. The van der Waals surface area contributed by atoms with Crippen molar-refractivity contribution in [1.82, 2.24) is 14.4 Å². The molecule has 41 heavy (non-hydrogen) atoms. The SMILES string of the molecule is N#Cc1ccccc1N1CCN(CC(=O)N2CCN(c3cc4c(cc3F)c(=O)c(C(=O)O)cn4C3CC3)CC2)CC1. The van der Waals surface area contributed by atoms with E-state index in [2.05, 4.69) is 15.9 Å². The number of halogens is 1. The van der Waals surface area contributed by atoms with Crippen LogP contribution >= 0.6 is 0 Å². The minimum Gasteiger partial charge on any atom is -0.477 e. The van der Waals surface area contributed by atoms with Gasteiger partial charge in [-0.05, 0) is 37.1 Å². The van der Waals surface area contributed by atoms with E-state index >= 15 is 4.39 Å². The van der Waals surface area contributed by atoms with Gasteiger partial charge in [-0.1, -0.05) is 12.1 Å². The van der Waals surface area contributed by atoms with Crippen molar-refractivity contribution in [2.75, 3.05) is 68.7 Å². The number of carbonyl (C=O) groups is 2. The summed E-state index contributed by atoms with van der Waals surface area (Å²) in [5.41, 5.74) is 1.44. The first-order valence-electron chi connectivity index (χ1n) is 13.9. The molecule has 2 aliphatic heterocycles. The van der Waals surface area contributed by atoms with Gasteiger partial charge in [0.05, 0.1) is 29.0 Å². The van der Waals surface area contributed by atoms with Crippen molar-refractivity contribution in [2.24, 2.45) is 0 Å². The number of anilines is 2. The van der Waals surface area contributed by atoms with E-state index in [-0.39, 0.29) is 22.9 Å². The number of carboxylic acids is 1. The van der Waals surface area contributed by atoms with E-state index in [4.69, 9.17) is 0 Å². The number of hydrogen-bond donors (Lipinski definition) is 1. The fraction of sp³-hybridized carbons (Fsp3) is 0.400. The molecule has 1 N–H and O–H groups in total. The highest BCUT2D eigenvalue weighted by Gasteiger charge is 2.30. The van der Waals surface area contributed by atoms with Crippen molar-refractivity contribution in [3.8, 4) is 6.07 Å². The molecule has 0 radical (unpaired) electrons. The Morgan fingerprint density at radius 2 is 1.61 bits per heavy atom. The van der Waals surface area contributed by atoms with Crippen LogP contribution in [0, 0.1) is 17.1 Å². The molecule has 2 saturated heterocycles. The van der Waals surface area contributed by atoms with Gasteiger partial charge >= 0.3 is 5.97 Å². The van der Waals surface area contributed by atoms with Crippen LogP contribution in [0.3, 0.4) is 0 Å². The molecule has 0 unspecified atom stereocenters. The minimum atomic E-state index is -1.32. The van der Waals surface area contributed by atoms with E-state index in [0.29, 0.717) is 49.5 Å². The molecule has 0 bridgehead atoms. The lowest BCUT2D eigenvalue weighted by Crippen LogP contribution is -2.54. The number of amides is 1. The zero-order valence-electron chi connectivity index (χ0n) is 22.6. The van der Waals surface area contributed by atoms with Gasteiger partial charge in [-0.15, -0.1) is 0 Å². The Kier molecular flexibility index (Phi) is 7.09. The van der Waals surface area contributed by atoms with E-state index in [1.165, 1.54) is 6.20 Å². The Morgan fingerprint density at radius 1 is 0.951 bits per heavy atom. The van der Waals surface area contributed by atoms with E-state index in [0.717, 1.165) is 50.8 Å². The van der Waals surface area contributed by atoms with Crippen molar-refractivity contribution >= 4 is 34.2 Å². The zero-order chi connectivity index (χ0) is 28.7. The number of aromatic carboxylic acids is 1. The number of benzene rings is 2. The molecule has 3 heterocycles. The second-order valence-electron chi connectivity index (χ2n) is 10.9. The average molecular weight is 559 g/mol. The van der Waals surface area contributed by atoms with Crippen LogP contribution in [-0.2, 0) is 4.79 Å². The average Bonchev–Trinajstić information content (AvgIpc) is 3.83. The molecule has 11 heteroatoms. The van der Waals surface area contributed by atoms with Crippen LogP contribution in [0.2, 0.25) is 0 Å². The first-order valence-corrected chi connectivity index (χ1v) is 13.9. The quantitative estimate of drug-likeness (QED) is 0.491. The normalized spacial score (nSPS) is 18.0. The third-order valence-corrected chi connectivity index (χ3v) is 8.34. The number of pyridine rings is 1. The molecule has 212 valence electrons. The standard InChI is InChI=1S/C30H31FN6O4/c31-24-15-22-26(37(21-5-6-21)18-23(29(22)39)30(40)41)16-27(24)35-11-13-36(14-12-35)28(38)19-33-7-9-34(10-8-33)25-4-2-1-3-20(25)17-32/h1-4,15-16,18,21H,5-14,19H2,(H,40,41). The molecule has 3 fully saturated rings. The molecule has 10 nitrogen and oxygen atoms in total. The molecule has 0 atom stereocenters. The van der Waals surface area contributed by atoms with Gasteiger partial charge in [0.2, 0.25) is 11.3 Å². The summed E-state index contributed by atoms with van der Waals surface area (Å²) in [5, 5.41) is 18.9. The van der Waals surface area contributed by atoms with Crippen LogP contribution in [0.15, 0.2) is 47.4 Å². The fourth-order valence-electron chi connectivity index (χ4n) is 5.89. The molecule has 2 aromatic carbocycles. The van der Waals surface area contributed by atoms with Crippen molar-refractivity contribution in [1.29, 1.82) is 5.26 Å². The number of nitrogens with zero attached hydrogens (tertiary/aromatic N) is 6. The van der Waals surface area contributed by atoms with Crippen LogP contribution in [0.4, 0.5) is 15.8 Å². The monoisotopic (exact) mass is 558 g/mol. The van der Waals surface area contributed by atoms with Crippen LogP contribution in [0.5, 0.6) is 0 Å². The van der Waals surface area contributed by atoms with E-state index in [1.807, 2.05) is 34.1 Å². The fourth-order valence-corrected chi connectivity index (χ4v) is 5.89. The highest BCUT2D eigenvalue weighted by Crippen LogP contribution is 2.38. The lowest BCUT2D eigenvalue weighted by atomic mass is 10.1. The number of fused-ring (bicyclic) bond motifs is 1. The summed E-state index contributed by atoms with van der Waals surface area (Å²) in [7, 11) is 0. The third kappa shape index (κ3) is 5.23. The summed E-state index contributed by atoms with van der Waals surface area (Å²) >= 11 is 0. The molecule has 3 aliphatic rings. The van der Waals surface area contributed by atoms with Crippen LogP contribution in [-0.4, -0.2) is 90.3 Å².